The van der Waals surface area contributed by atoms with Crippen LogP contribution in [-0.4, -0.2) is 33.3 Å². The summed E-state index contributed by atoms with van der Waals surface area (Å²) in [4.78, 5) is 20.4. The molecule has 1 aromatic carbocycles. The second-order valence-electron chi connectivity index (χ2n) is 6.62. The van der Waals surface area contributed by atoms with Gasteiger partial charge in [-0.05, 0) is 25.0 Å². The lowest BCUT2D eigenvalue weighted by Crippen LogP contribution is -2.38. The van der Waals surface area contributed by atoms with E-state index >= 15 is 0 Å². The lowest BCUT2D eigenvalue weighted by atomic mass is 9.94. The Labute approximate surface area is 156 Å². The third-order valence-electron chi connectivity index (χ3n) is 4.99. The van der Waals surface area contributed by atoms with Crippen LogP contribution >= 0.6 is 22.9 Å². The molecule has 1 saturated carbocycles. The van der Waals surface area contributed by atoms with E-state index in [1.165, 1.54) is 30.6 Å². The molecule has 6 heteroatoms. The molecule has 1 amide bonds. The van der Waals surface area contributed by atoms with Crippen molar-refractivity contribution in [2.24, 2.45) is 0 Å². The first-order valence-corrected chi connectivity index (χ1v) is 9.89. The number of amides is 1. The molecule has 0 radical (unpaired) electrons. The van der Waals surface area contributed by atoms with Gasteiger partial charge in [-0.1, -0.05) is 43.0 Å². The number of thiazole rings is 1. The number of hydrogen-bond acceptors (Lipinski definition) is 3. The molecule has 3 aromatic rings. The van der Waals surface area contributed by atoms with Crippen molar-refractivity contribution in [3.63, 3.8) is 0 Å². The second kappa shape index (κ2) is 6.81. The van der Waals surface area contributed by atoms with Gasteiger partial charge in [0.05, 0.1) is 5.69 Å². The number of benzene rings is 1. The van der Waals surface area contributed by atoms with Crippen molar-refractivity contribution in [3.05, 3.63) is 46.6 Å². The summed E-state index contributed by atoms with van der Waals surface area (Å²) < 4.78 is 1.91. The average Bonchev–Trinajstić information content (AvgIpc) is 3.22. The maximum atomic E-state index is 13.0. The molecule has 1 fully saturated rings. The molecule has 0 bridgehead atoms. The van der Waals surface area contributed by atoms with Crippen molar-refractivity contribution in [3.8, 4) is 11.3 Å². The largest absolute Gasteiger partial charge is 0.337 e. The van der Waals surface area contributed by atoms with E-state index in [4.69, 9.17) is 11.6 Å². The molecule has 1 aliphatic rings. The standard InChI is InChI=1S/C19H20ClN3OS/c1-22(15-8-3-2-4-9-15)18(24)17-12-25-19-21-16(11-23(17)19)13-6-5-7-14(20)10-13/h5-7,10-12,15H,2-4,8-9H2,1H3. The molecule has 25 heavy (non-hydrogen) atoms. The zero-order valence-corrected chi connectivity index (χ0v) is 15.7. The van der Waals surface area contributed by atoms with Crippen molar-refractivity contribution < 1.29 is 4.79 Å². The first-order valence-electron chi connectivity index (χ1n) is 8.63. The molecular formula is C19H20ClN3OS. The zero-order chi connectivity index (χ0) is 17.4. The van der Waals surface area contributed by atoms with Crippen LogP contribution in [0.2, 0.25) is 5.02 Å². The van der Waals surface area contributed by atoms with E-state index < -0.39 is 0 Å². The van der Waals surface area contributed by atoms with Gasteiger partial charge < -0.3 is 4.90 Å². The Balaban J connectivity index is 1.65. The number of rotatable bonds is 3. The van der Waals surface area contributed by atoms with E-state index in [0.29, 0.717) is 16.8 Å². The van der Waals surface area contributed by atoms with Gasteiger partial charge in [0.1, 0.15) is 5.69 Å². The summed E-state index contributed by atoms with van der Waals surface area (Å²) in [5.74, 6) is 0.0770. The first kappa shape index (κ1) is 16.6. The summed E-state index contributed by atoms with van der Waals surface area (Å²) in [6, 6.07) is 7.98. The molecule has 0 unspecified atom stereocenters. The van der Waals surface area contributed by atoms with Gasteiger partial charge in [-0.3, -0.25) is 9.20 Å². The highest BCUT2D eigenvalue weighted by Gasteiger charge is 2.25. The van der Waals surface area contributed by atoms with Crippen molar-refractivity contribution >= 4 is 33.8 Å². The maximum Gasteiger partial charge on any atom is 0.271 e. The summed E-state index contributed by atoms with van der Waals surface area (Å²) in [5.41, 5.74) is 2.49. The van der Waals surface area contributed by atoms with E-state index in [0.717, 1.165) is 29.1 Å². The number of carbonyl (C=O) groups excluding carboxylic acids is 1. The van der Waals surface area contributed by atoms with Crippen LogP contribution in [-0.2, 0) is 0 Å². The molecule has 0 N–H and O–H groups in total. The Hall–Kier alpha value is -1.85. The Morgan fingerprint density at radius 1 is 1.32 bits per heavy atom. The summed E-state index contributed by atoms with van der Waals surface area (Å²) in [7, 11) is 1.93. The first-order chi connectivity index (χ1) is 12.1. The highest BCUT2D eigenvalue weighted by Crippen LogP contribution is 2.27. The number of imidazole rings is 1. The van der Waals surface area contributed by atoms with Crippen LogP contribution < -0.4 is 0 Å². The van der Waals surface area contributed by atoms with E-state index in [-0.39, 0.29) is 5.91 Å². The van der Waals surface area contributed by atoms with Crippen LogP contribution in [0.5, 0.6) is 0 Å². The lowest BCUT2D eigenvalue weighted by molar-refractivity contribution is 0.0689. The molecule has 0 spiro atoms. The molecule has 0 atom stereocenters. The lowest BCUT2D eigenvalue weighted by Gasteiger charge is -2.31. The fourth-order valence-corrected chi connectivity index (χ4v) is 4.58. The van der Waals surface area contributed by atoms with Crippen molar-refractivity contribution in [1.29, 1.82) is 0 Å². The number of fused-ring (bicyclic) bond motifs is 1. The average molecular weight is 374 g/mol. The summed E-state index contributed by atoms with van der Waals surface area (Å²) in [5, 5.41) is 2.59. The van der Waals surface area contributed by atoms with Gasteiger partial charge >= 0.3 is 0 Å². The third kappa shape index (κ3) is 3.18. The maximum absolute atomic E-state index is 13.0. The highest BCUT2D eigenvalue weighted by atomic mass is 35.5. The molecule has 2 aromatic heterocycles. The molecule has 0 saturated heterocycles. The van der Waals surface area contributed by atoms with Gasteiger partial charge in [0.2, 0.25) is 0 Å². The van der Waals surface area contributed by atoms with E-state index in [9.17, 15) is 4.79 Å². The summed E-state index contributed by atoms with van der Waals surface area (Å²) in [6.45, 7) is 0. The number of halogens is 1. The number of aromatic nitrogens is 2. The Morgan fingerprint density at radius 3 is 2.88 bits per heavy atom. The second-order valence-corrected chi connectivity index (χ2v) is 7.89. The smallest absolute Gasteiger partial charge is 0.271 e. The Kier molecular flexibility index (Phi) is 4.52. The number of nitrogens with zero attached hydrogens (tertiary/aromatic N) is 3. The van der Waals surface area contributed by atoms with Gasteiger partial charge in [-0.15, -0.1) is 11.3 Å². The molecule has 4 rings (SSSR count). The van der Waals surface area contributed by atoms with E-state index in [1.54, 1.807) is 0 Å². The van der Waals surface area contributed by atoms with E-state index in [1.807, 2.05) is 52.2 Å². The minimum absolute atomic E-state index is 0.0770. The molecule has 130 valence electrons. The predicted molar refractivity (Wildman–Crippen MR) is 102 cm³/mol. The Morgan fingerprint density at radius 2 is 2.12 bits per heavy atom. The van der Waals surface area contributed by atoms with Gasteiger partial charge in [-0.2, -0.15) is 0 Å². The minimum Gasteiger partial charge on any atom is -0.337 e. The fraction of sp³-hybridized carbons (Fsp3) is 0.368. The highest BCUT2D eigenvalue weighted by molar-refractivity contribution is 7.15. The molecular weight excluding hydrogens is 354 g/mol. The van der Waals surface area contributed by atoms with Crippen molar-refractivity contribution in [2.45, 2.75) is 38.1 Å². The molecule has 0 aliphatic heterocycles. The van der Waals surface area contributed by atoms with Crippen LogP contribution in [0.15, 0.2) is 35.8 Å². The van der Waals surface area contributed by atoms with Crippen LogP contribution in [0, 0.1) is 0 Å². The summed E-state index contributed by atoms with van der Waals surface area (Å²) >= 11 is 7.58. The molecule has 2 heterocycles. The zero-order valence-electron chi connectivity index (χ0n) is 14.1. The number of carbonyl (C=O) groups is 1. The van der Waals surface area contributed by atoms with E-state index in [2.05, 4.69) is 4.98 Å². The molecule has 1 aliphatic carbocycles. The van der Waals surface area contributed by atoms with Gasteiger partial charge in [0.15, 0.2) is 4.96 Å². The fourth-order valence-electron chi connectivity index (χ4n) is 3.54. The predicted octanol–water partition coefficient (Wildman–Crippen LogP) is 5.12. The monoisotopic (exact) mass is 373 g/mol. The van der Waals surface area contributed by atoms with Gasteiger partial charge in [0, 0.05) is 35.3 Å². The van der Waals surface area contributed by atoms with Crippen molar-refractivity contribution in [2.75, 3.05) is 7.05 Å². The Bertz CT molecular complexity index is 910. The topological polar surface area (TPSA) is 37.6 Å². The SMILES string of the molecule is CN(C(=O)c1csc2nc(-c3cccc(Cl)c3)cn12)C1CCCCC1. The van der Waals surface area contributed by atoms with Gasteiger partial charge in [-0.25, -0.2) is 4.98 Å². The minimum atomic E-state index is 0.0770. The van der Waals surface area contributed by atoms with Gasteiger partial charge in [0.25, 0.3) is 5.91 Å². The normalized spacial score (nSPS) is 15.6. The summed E-state index contributed by atoms with van der Waals surface area (Å²) in [6.07, 6.45) is 7.85. The van der Waals surface area contributed by atoms with Crippen LogP contribution in [0.25, 0.3) is 16.2 Å². The third-order valence-corrected chi connectivity index (χ3v) is 6.07. The molecule has 4 nitrogen and oxygen atoms in total. The van der Waals surface area contributed by atoms with Crippen LogP contribution in [0.3, 0.4) is 0 Å². The van der Waals surface area contributed by atoms with Crippen LogP contribution in [0.1, 0.15) is 42.6 Å². The van der Waals surface area contributed by atoms with Crippen LogP contribution in [0.4, 0.5) is 0 Å². The van der Waals surface area contributed by atoms with Crippen molar-refractivity contribution in [1.82, 2.24) is 14.3 Å². The quantitative estimate of drug-likeness (QED) is 0.638. The number of hydrogen-bond donors (Lipinski definition) is 0.